The van der Waals surface area contributed by atoms with Gasteiger partial charge in [0.1, 0.15) is 0 Å². The van der Waals surface area contributed by atoms with Crippen LogP contribution < -0.4 is 24.9 Å². The minimum absolute atomic E-state index is 0.0191. The summed E-state index contributed by atoms with van der Waals surface area (Å²) in [7, 11) is -3.85. The summed E-state index contributed by atoms with van der Waals surface area (Å²) in [4.78, 5) is 8.92. The number of nitrogens with one attached hydrogen (secondary N) is 1. The molecule has 28 heavy (non-hydrogen) atoms. The first-order valence-electron chi connectivity index (χ1n) is 8.30. The lowest BCUT2D eigenvalue weighted by Gasteiger charge is -2.03. The lowest BCUT2D eigenvalue weighted by Crippen LogP contribution is -2.31. The number of nitrogens with zero attached hydrogens (tertiary/aromatic N) is 3. The third-order valence-electron chi connectivity index (χ3n) is 4.51. The van der Waals surface area contributed by atoms with Gasteiger partial charge in [-0.3, -0.25) is 0 Å². The van der Waals surface area contributed by atoms with Crippen LogP contribution in [-0.4, -0.2) is 30.3 Å². The number of nitrogens with two attached hydrogens (primary N) is 2. The van der Waals surface area contributed by atoms with Crippen molar-refractivity contribution in [2.24, 2.45) is 5.14 Å². The molecule has 0 spiro atoms. The molecule has 2 aromatic carbocycles. The van der Waals surface area contributed by atoms with Gasteiger partial charge in [0.15, 0.2) is 17.0 Å². The molecule has 0 saturated heterocycles. The van der Waals surface area contributed by atoms with E-state index in [1.807, 2.05) is 18.2 Å². The van der Waals surface area contributed by atoms with Crippen LogP contribution in [0.15, 0.2) is 41.3 Å². The molecule has 1 aliphatic heterocycles. The Labute approximate surface area is 158 Å². The zero-order chi connectivity index (χ0) is 19.5. The summed E-state index contributed by atoms with van der Waals surface area (Å²) in [5.41, 5.74) is 7.77. The number of benzene rings is 2. The van der Waals surface area contributed by atoms with E-state index in [0.29, 0.717) is 40.3 Å². The van der Waals surface area contributed by atoms with E-state index in [9.17, 15) is 8.42 Å². The summed E-state index contributed by atoms with van der Waals surface area (Å²) in [6.07, 6.45) is 0.426. The van der Waals surface area contributed by atoms with E-state index >= 15 is 0 Å². The molecule has 3 heterocycles. The number of nitrogen functional groups attached to an aromatic ring is 1. The fraction of sp³-hybridized carbons (Fsp3) is 0.118. The fourth-order valence-electron chi connectivity index (χ4n) is 3.24. The minimum atomic E-state index is -3.85. The standard InChI is InChI=1S/C17H14N6O4S/c18-17-21-16-11-3-2-10(28(19,24)25)7-12(11)20-15(23(16)22-17)6-9-1-4-13-14(5-9)27-8-26-13/h1-5,7H,6,8H2,(H4,18,19,22,24,25)/p+1. The Bertz CT molecular complexity index is 1370. The summed E-state index contributed by atoms with van der Waals surface area (Å²) >= 11 is 0. The quantitative estimate of drug-likeness (QED) is 0.418. The molecule has 0 aliphatic carbocycles. The molecule has 0 bridgehead atoms. The van der Waals surface area contributed by atoms with Gasteiger partial charge >= 0.3 is 5.95 Å². The van der Waals surface area contributed by atoms with Gasteiger partial charge in [-0.1, -0.05) is 11.1 Å². The average molecular weight is 399 g/mol. The van der Waals surface area contributed by atoms with Crippen molar-refractivity contribution < 1.29 is 22.4 Å². The minimum Gasteiger partial charge on any atom is -0.454 e. The first-order valence-corrected chi connectivity index (χ1v) is 9.84. The first kappa shape index (κ1) is 16.7. The smallest absolute Gasteiger partial charge is 0.301 e. The van der Waals surface area contributed by atoms with Crippen LogP contribution in [0.5, 0.6) is 11.5 Å². The molecule has 0 saturated carbocycles. The molecule has 0 radical (unpaired) electrons. The Morgan fingerprint density at radius 3 is 2.75 bits per heavy atom. The predicted molar refractivity (Wildman–Crippen MR) is 98.2 cm³/mol. The van der Waals surface area contributed by atoms with Crippen LogP contribution in [-0.2, 0) is 16.4 Å². The summed E-state index contributed by atoms with van der Waals surface area (Å²) in [6.45, 7) is 0.194. The van der Waals surface area contributed by atoms with E-state index in [-0.39, 0.29) is 17.6 Å². The summed E-state index contributed by atoms with van der Waals surface area (Å²) in [6, 6.07) is 10.1. The molecule has 0 amide bonds. The van der Waals surface area contributed by atoms with E-state index in [2.05, 4.69) is 15.1 Å². The molecule has 11 heteroatoms. The maximum atomic E-state index is 11.7. The van der Waals surface area contributed by atoms with Crippen LogP contribution in [0.1, 0.15) is 11.4 Å². The fourth-order valence-corrected chi connectivity index (χ4v) is 3.77. The van der Waals surface area contributed by atoms with E-state index in [1.165, 1.54) is 12.1 Å². The van der Waals surface area contributed by atoms with Crippen molar-refractivity contribution in [2.45, 2.75) is 11.3 Å². The van der Waals surface area contributed by atoms with Crippen molar-refractivity contribution in [3.63, 3.8) is 0 Å². The molecule has 142 valence electrons. The highest BCUT2D eigenvalue weighted by atomic mass is 32.2. The number of anilines is 1. The zero-order valence-electron chi connectivity index (χ0n) is 14.4. The summed E-state index contributed by atoms with van der Waals surface area (Å²) in [5, 5.41) is 8.86. The normalized spacial score (nSPS) is 13.5. The number of hydrogen-bond acceptors (Lipinski definition) is 7. The molecular weight excluding hydrogens is 384 g/mol. The number of ether oxygens (including phenoxy) is 2. The van der Waals surface area contributed by atoms with Crippen molar-refractivity contribution in [1.82, 2.24) is 15.1 Å². The van der Waals surface area contributed by atoms with Gasteiger partial charge in [0.25, 0.3) is 11.5 Å². The molecule has 0 unspecified atom stereocenters. The number of hydrogen-bond donors (Lipinski definition) is 3. The van der Waals surface area contributed by atoms with Gasteiger partial charge in [-0.2, -0.15) is 5.10 Å². The van der Waals surface area contributed by atoms with Gasteiger partial charge in [0, 0.05) is 6.07 Å². The predicted octanol–water partition coefficient (Wildman–Crippen LogP) is 0.246. The highest BCUT2D eigenvalue weighted by molar-refractivity contribution is 7.89. The van der Waals surface area contributed by atoms with Gasteiger partial charge in [-0.05, 0) is 29.8 Å². The van der Waals surface area contributed by atoms with Crippen molar-refractivity contribution >= 4 is 32.5 Å². The molecule has 5 N–H and O–H groups in total. The number of H-pyrrole nitrogens is 1. The Balaban J connectivity index is 1.69. The van der Waals surface area contributed by atoms with Crippen LogP contribution in [0.3, 0.4) is 0 Å². The molecule has 1 aliphatic rings. The van der Waals surface area contributed by atoms with Gasteiger partial charge in [0.2, 0.25) is 16.8 Å². The average Bonchev–Trinajstić information content (AvgIpc) is 3.26. The number of aromatic nitrogens is 4. The SMILES string of the molecule is Nc1nc2c3ccc(S(N)(=O)=O)cc3nc(Cc3ccc4c(c3)OCO4)[n+]2[nH]1. The van der Waals surface area contributed by atoms with Crippen molar-refractivity contribution in [3.8, 4) is 11.5 Å². The monoisotopic (exact) mass is 399 g/mol. The van der Waals surface area contributed by atoms with E-state index in [0.717, 1.165) is 5.56 Å². The van der Waals surface area contributed by atoms with Gasteiger partial charge in [-0.25, -0.2) is 13.6 Å². The maximum absolute atomic E-state index is 11.7. The summed E-state index contributed by atoms with van der Waals surface area (Å²) < 4.78 is 35.8. The maximum Gasteiger partial charge on any atom is 0.301 e. The molecule has 10 nitrogen and oxygen atoms in total. The van der Waals surface area contributed by atoms with Gasteiger partial charge < -0.3 is 15.2 Å². The lowest BCUT2D eigenvalue weighted by molar-refractivity contribution is -0.587. The Kier molecular flexibility index (Phi) is 3.45. The van der Waals surface area contributed by atoms with E-state index in [1.54, 1.807) is 10.6 Å². The van der Waals surface area contributed by atoms with Gasteiger partial charge in [-0.15, -0.1) is 9.50 Å². The van der Waals surface area contributed by atoms with E-state index in [4.69, 9.17) is 20.3 Å². The molecule has 2 aromatic heterocycles. The second-order valence-corrected chi connectivity index (χ2v) is 7.95. The van der Waals surface area contributed by atoms with Crippen LogP contribution in [0.25, 0.3) is 16.6 Å². The highest BCUT2D eigenvalue weighted by Gasteiger charge is 2.23. The topological polar surface area (TPSA) is 150 Å². The van der Waals surface area contributed by atoms with Crippen molar-refractivity contribution in [3.05, 3.63) is 47.8 Å². The second kappa shape index (κ2) is 5.78. The first-order chi connectivity index (χ1) is 13.4. The van der Waals surface area contributed by atoms with Crippen LogP contribution >= 0.6 is 0 Å². The Morgan fingerprint density at radius 2 is 1.93 bits per heavy atom. The van der Waals surface area contributed by atoms with Crippen LogP contribution in [0, 0.1) is 0 Å². The Hall–Kier alpha value is -3.44. The zero-order valence-corrected chi connectivity index (χ0v) is 15.2. The molecule has 5 rings (SSSR count). The van der Waals surface area contributed by atoms with Crippen molar-refractivity contribution in [1.29, 1.82) is 0 Å². The third-order valence-corrected chi connectivity index (χ3v) is 5.42. The number of rotatable bonds is 3. The van der Waals surface area contributed by atoms with Crippen molar-refractivity contribution in [2.75, 3.05) is 12.5 Å². The molecular formula is C17H15N6O4S+. The Morgan fingerprint density at radius 1 is 1.11 bits per heavy atom. The van der Waals surface area contributed by atoms with E-state index < -0.39 is 10.0 Å². The number of primary sulfonamides is 1. The number of aromatic amines is 1. The molecule has 4 aromatic rings. The van der Waals surface area contributed by atoms with Crippen LogP contribution in [0.4, 0.5) is 5.95 Å². The molecule has 0 fully saturated rings. The summed E-state index contributed by atoms with van der Waals surface area (Å²) in [5.74, 6) is 2.17. The highest BCUT2D eigenvalue weighted by Crippen LogP contribution is 2.33. The second-order valence-electron chi connectivity index (χ2n) is 6.38. The molecule has 0 atom stereocenters. The van der Waals surface area contributed by atoms with Gasteiger partial charge in [0.05, 0.1) is 16.7 Å². The number of fused-ring (bicyclic) bond motifs is 4. The number of sulfonamides is 1. The van der Waals surface area contributed by atoms with Crippen LogP contribution in [0.2, 0.25) is 0 Å². The largest absolute Gasteiger partial charge is 0.454 e. The lowest BCUT2D eigenvalue weighted by atomic mass is 10.1. The third kappa shape index (κ3) is 2.68.